The van der Waals surface area contributed by atoms with Crippen molar-refractivity contribution in [3.8, 4) is 0 Å². The summed E-state index contributed by atoms with van der Waals surface area (Å²) in [4.78, 5) is 0.965. The summed E-state index contributed by atoms with van der Waals surface area (Å²) in [5, 5.41) is 0. The highest BCUT2D eigenvalue weighted by molar-refractivity contribution is 7.07. The summed E-state index contributed by atoms with van der Waals surface area (Å²) in [6, 6.07) is 0. The molecule has 76 valence electrons. The molecule has 0 aliphatic heterocycles. The van der Waals surface area contributed by atoms with Crippen LogP contribution in [0.1, 0.15) is 24.4 Å². The zero-order chi connectivity index (χ0) is 10.9. The molecule has 13 heavy (non-hydrogen) atoms. The minimum absolute atomic E-state index is 0.500. The molecule has 0 saturated heterocycles. The first-order chi connectivity index (χ1) is 6.25. The van der Waals surface area contributed by atoms with Crippen LogP contribution in [0.4, 0.5) is 10.1 Å². The fourth-order valence-corrected chi connectivity index (χ4v) is 1.20. The van der Waals surface area contributed by atoms with Gasteiger partial charge in [0, 0.05) is 0 Å². The molecule has 1 rings (SSSR count). The minimum Gasteiger partial charge on any atom is -0.396 e. The molecule has 0 bridgehead atoms. The lowest BCUT2D eigenvalue weighted by Gasteiger charge is -1.86. The maximum absolute atomic E-state index is 9.50. The van der Waals surface area contributed by atoms with Crippen molar-refractivity contribution in [1.82, 2.24) is 4.37 Å². The van der Waals surface area contributed by atoms with Crippen molar-refractivity contribution >= 4 is 23.3 Å². The van der Waals surface area contributed by atoms with E-state index in [2.05, 4.69) is 11.0 Å². The van der Waals surface area contributed by atoms with Crippen LogP contribution in [0.2, 0.25) is 0 Å². The second-order valence-corrected chi connectivity index (χ2v) is 2.56. The first kappa shape index (κ1) is 14.6. The zero-order valence-electron chi connectivity index (χ0n) is 8.60. The van der Waals surface area contributed by atoms with Gasteiger partial charge in [0.2, 0.25) is 0 Å². The molecule has 0 atom stereocenters. The van der Waals surface area contributed by atoms with Crippen LogP contribution in [0.25, 0.3) is 6.08 Å². The number of nitrogens with zero attached hydrogens (tertiary/aromatic N) is 1. The zero-order valence-corrected chi connectivity index (χ0v) is 9.41. The van der Waals surface area contributed by atoms with E-state index in [0.717, 1.165) is 16.3 Å². The van der Waals surface area contributed by atoms with E-state index < -0.39 is 0 Å². The van der Waals surface area contributed by atoms with Crippen molar-refractivity contribution in [3.05, 3.63) is 17.2 Å². The van der Waals surface area contributed by atoms with Crippen LogP contribution in [-0.4, -0.2) is 11.6 Å². The number of rotatable bonds is 1. The number of halogens is 1. The summed E-state index contributed by atoms with van der Waals surface area (Å²) in [5.41, 5.74) is 7.25. The van der Waals surface area contributed by atoms with Crippen LogP contribution in [0.5, 0.6) is 0 Å². The normalized spacial score (nSPS) is 7.46. The van der Waals surface area contributed by atoms with Gasteiger partial charge in [-0.15, -0.1) is 0 Å². The average Bonchev–Trinajstić information content (AvgIpc) is 2.54. The minimum atomic E-state index is 0.500. The summed E-state index contributed by atoms with van der Waals surface area (Å²) in [6.45, 7) is 9.48. The molecular formula is C9H17FN2S. The number of nitrogen functional groups attached to an aromatic ring is 1. The average molecular weight is 204 g/mol. The van der Waals surface area contributed by atoms with Gasteiger partial charge in [0.15, 0.2) is 0 Å². The van der Waals surface area contributed by atoms with Gasteiger partial charge in [0.1, 0.15) is 0 Å². The lowest BCUT2D eigenvalue weighted by molar-refractivity contribution is 0.636. The lowest BCUT2D eigenvalue weighted by Crippen LogP contribution is -1.85. The Kier molecular flexibility index (Phi) is 10.3. The first-order valence-electron chi connectivity index (χ1n) is 3.97. The summed E-state index contributed by atoms with van der Waals surface area (Å²) < 4.78 is 13.5. The summed E-state index contributed by atoms with van der Waals surface area (Å²) >= 11 is 1.38. The Labute approximate surface area is 83.4 Å². The quantitative estimate of drug-likeness (QED) is 0.762. The molecule has 0 spiro atoms. The third-order valence-electron chi connectivity index (χ3n) is 1.12. The predicted octanol–water partition coefficient (Wildman–Crippen LogP) is 3.29. The summed E-state index contributed by atoms with van der Waals surface area (Å²) in [7, 11) is 0.500. The third kappa shape index (κ3) is 4.62. The van der Waals surface area contributed by atoms with Gasteiger partial charge >= 0.3 is 0 Å². The molecule has 0 unspecified atom stereocenters. The molecule has 0 amide bonds. The maximum Gasteiger partial charge on any atom is 0.0785 e. The molecular weight excluding hydrogens is 187 g/mol. The summed E-state index contributed by atoms with van der Waals surface area (Å²) in [5.74, 6) is 0. The maximum atomic E-state index is 9.50. The molecule has 0 aliphatic rings. The fourth-order valence-electron chi connectivity index (χ4n) is 0.542. The second-order valence-electron chi connectivity index (χ2n) is 1.75. The van der Waals surface area contributed by atoms with E-state index in [0.29, 0.717) is 7.18 Å². The molecule has 1 aromatic rings. The largest absolute Gasteiger partial charge is 0.396 e. The molecule has 0 fully saturated rings. The predicted molar refractivity (Wildman–Crippen MR) is 59.7 cm³/mol. The highest BCUT2D eigenvalue weighted by Crippen LogP contribution is 2.20. The third-order valence-corrected chi connectivity index (χ3v) is 2.07. The monoisotopic (exact) mass is 204 g/mol. The lowest BCUT2D eigenvalue weighted by atomic mass is 10.3. The Morgan fingerprint density at radius 1 is 1.46 bits per heavy atom. The number of alkyl halides is 1. The van der Waals surface area contributed by atoms with Gasteiger partial charge in [-0.2, -0.15) is 4.37 Å². The van der Waals surface area contributed by atoms with E-state index >= 15 is 0 Å². The van der Waals surface area contributed by atoms with Crippen molar-refractivity contribution in [2.24, 2.45) is 0 Å². The number of hydrogen-bond donors (Lipinski definition) is 1. The molecule has 0 radical (unpaired) electrons. The SMILES string of the molecule is C=Cc1snc(C)c1N.CC.CF. The topological polar surface area (TPSA) is 38.9 Å². The molecule has 0 aliphatic carbocycles. The van der Waals surface area contributed by atoms with Crippen LogP contribution >= 0.6 is 11.5 Å². The Morgan fingerprint density at radius 3 is 2.08 bits per heavy atom. The highest BCUT2D eigenvalue weighted by Gasteiger charge is 2.00. The fraction of sp³-hybridized carbons (Fsp3) is 0.444. The van der Waals surface area contributed by atoms with Gasteiger partial charge in [-0.05, 0) is 24.5 Å². The van der Waals surface area contributed by atoms with Crippen LogP contribution in [0.3, 0.4) is 0 Å². The summed E-state index contributed by atoms with van der Waals surface area (Å²) in [6.07, 6.45) is 1.72. The van der Waals surface area contributed by atoms with Crippen molar-refractivity contribution in [2.45, 2.75) is 20.8 Å². The van der Waals surface area contributed by atoms with E-state index in [-0.39, 0.29) is 0 Å². The van der Waals surface area contributed by atoms with Crippen molar-refractivity contribution < 1.29 is 4.39 Å². The number of aryl methyl sites for hydroxylation is 1. The smallest absolute Gasteiger partial charge is 0.0785 e. The Bertz CT molecular complexity index is 234. The van der Waals surface area contributed by atoms with E-state index in [1.165, 1.54) is 11.5 Å². The highest BCUT2D eigenvalue weighted by atomic mass is 32.1. The van der Waals surface area contributed by atoms with Gasteiger partial charge < -0.3 is 5.73 Å². The van der Waals surface area contributed by atoms with E-state index in [1.54, 1.807) is 6.08 Å². The van der Waals surface area contributed by atoms with Crippen molar-refractivity contribution in [2.75, 3.05) is 12.9 Å². The Morgan fingerprint density at radius 2 is 1.92 bits per heavy atom. The van der Waals surface area contributed by atoms with Gasteiger partial charge in [0.25, 0.3) is 0 Å². The number of hydrogen-bond acceptors (Lipinski definition) is 3. The van der Waals surface area contributed by atoms with Gasteiger partial charge in [-0.1, -0.05) is 20.4 Å². The Hall–Kier alpha value is -0.900. The molecule has 1 heterocycles. The number of aromatic nitrogens is 1. The molecule has 0 saturated carbocycles. The van der Waals surface area contributed by atoms with E-state index in [1.807, 2.05) is 20.8 Å². The van der Waals surface area contributed by atoms with Gasteiger partial charge in [0.05, 0.1) is 23.4 Å². The van der Waals surface area contributed by atoms with Gasteiger partial charge in [-0.3, -0.25) is 4.39 Å². The van der Waals surface area contributed by atoms with Crippen LogP contribution < -0.4 is 5.73 Å². The van der Waals surface area contributed by atoms with E-state index in [9.17, 15) is 4.39 Å². The Balaban J connectivity index is 0. The molecule has 2 N–H and O–H groups in total. The van der Waals surface area contributed by atoms with Crippen LogP contribution in [0.15, 0.2) is 6.58 Å². The number of anilines is 1. The van der Waals surface area contributed by atoms with Gasteiger partial charge in [-0.25, -0.2) is 0 Å². The molecule has 2 nitrogen and oxygen atoms in total. The molecule has 1 aromatic heterocycles. The standard InChI is InChI=1S/C6H8N2S.C2H6.CH3F/c1-3-5-6(7)4(2)8-9-5;2*1-2/h3H,1,7H2,2H3;1-2H3;1H3. The number of nitrogens with two attached hydrogens (primary N) is 1. The van der Waals surface area contributed by atoms with Crippen molar-refractivity contribution in [1.29, 1.82) is 0 Å². The van der Waals surface area contributed by atoms with Crippen molar-refractivity contribution in [3.63, 3.8) is 0 Å². The molecule has 4 heteroatoms. The second kappa shape index (κ2) is 9.19. The van der Waals surface area contributed by atoms with Crippen LogP contribution in [0, 0.1) is 6.92 Å². The first-order valence-corrected chi connectivity index (χ1v) is 4.75. The van der Waals surface area contributed by atoms with Crippen LogP contribution in [-0.2, 0) is 0 Å². The molecule has 0 aromatic carbocycles. The van der Waals surface area contributed by atoms with E-state index in [4.69, 9.17) is 5.73 Å².